The quantitative estimate of drug-likeness (QED) is 0.780. The van der Waals surface area contributed by atoms with Gasteiger partial charge in [-0.1, -0.05) is 12.1 Å². The highest BCUT2D eigenvalue weighted by molar-refractivity contribution is 5.49. The number of benzene rings is 1. The molecule has 1 aliphatic heterocycles. The Morgan fingerprint density at radius 1 is 1.24 bits per heavy atom. The Hall–Kier alpha value is -2.34. The van der Waals surface area contributed by atoms with Crippen LogP contribution in [0, 0.1) is 0 Å². The van der Waals surface area contributed by atoms with Crippen molar-refractivity contribution < 1.29 is 4.74 Å². The van der Waals surface area contributed by atoms with Crippen molar-refractivity contribution in [1.82, 2.24) is 15.3 Å². The van der Waals surface area contributed by atoms with Crippen LogP contribution in [0.25, 0.3) is 0 Å². The Morgan fingerprint density at radius 3 is 2.71 bits per heavy atom. The zero-order valence-electron chi connectivity index (χ0n) is 12.0. The van der Waals surface area contributed by atoms with Crippen molar-refractivity contribution in [3.8, 4) is 5.75 Å². The van der Waals surface area contributed by atoms with Crippen LogP contribution >= 0.6 is 0 Å². The molecular weight excluding hydrogens is 266 g/mol. The van der Waals surface area contributed by atoms with Gasteiger partial charge in [-0.05, 0) is 24.1 Å². The van der Waals surface area contributed by atoms with E-state index in [-0.39, 0.29) is 12.0 Å². The Morgan fingerprint density at radius 2 is 2.00 bits per heavy atom. The molecule has 2 heterocycles. The molecule has 3 rings (SSSR count). The van der Waals surface area contributed by atoms with E-state index in [1.54, 1.807) is 7.11 Å². The van der Waals surface area contributed by atoms with Gasteiger partial charge in [0.05, 0.1) is 12.8 Å². The minimum absolute atomic E-state index is 0.114. The number of anilines is 2. The molecule has 1 aromatic carbocycles. The number of nitrogens with two attached hydrogens (primary N) is 2. The molecule has 110 valence electrons. The van der Waals surface area contributed by atoms with Crippen molar-refractivity contribution in [3.63, 3.8) is 0 Å². The van der Waals surface area contributed by atoms with Crippen LogP contribution in [0.2, 0.25) is 0 Å². The van der Waals surface area contributed by atoms with Gasteiger partial charge >= 0.3 is 0 Å². The van der Waals surface area contributed by atoms with Crippen LogP contribution in [0.4, 0.5) is 11.8 Å². The summed E-state index contributed by atoms with van der Waals surface area (Å²) in [5.41, 5.74) is 14.9. The Labute approximate surface area is 123 Å². The molecule has 1 aromatic heterocycles. The molecule has 5 N–H and O–H groups in total. The third-order valence-electron chi connectivity index (χ3n) is 3.77. The Kier molecular flexibility index (Phi) is 3.62. The SMILES string of the molecule is COc1ccc(CC2NCCc3nc(N)nc(N)c32)cc1. The van der Waals surface area contributed by atoms with E-state index < -0.39 is 0 Å². The van der Waals surface area contributed by atoms with Gasteiger partial charge in [-0.2, -0.15) is 4.98 Å². The van der Waals surface area contributed by atoms with E-state index in [1.165, 1.54) is 5.56 Å². The summed E-state index contributed by atoms with van der Waals surface area (Å²) in [6, 6.07) is 8.15. The van der Waals surface area contributed by atoms with Crippen LogP contribution in [-0.4, -0.2) is 23.6 Å². The first-order valence-electron chi connectivity index (χ1n) is 6.95. The summed E-state index contributed by atoms with van der Waals surface area (Å²) in [5.74, 6) is 1.57. The zero-order chi connectivity index (χ0) is 14.8. The summed E-state index contributed by atoms with van der Waals surface area (Å²) in [4.78, 5) is 8.41. The maximum atomic E-state index is 6.04. The number of fused-ring (bicyclic) bond motifs is 1. The number of nitrogens with one attached hydrogen (secondary N) is 1. The molecule has 0 bridgehead atoms. The first kappa shape index (κ1) is 13.6. The summed E-state index contributed by atoms with van der Waals surface area (Å²) in [6.45, 7) is 0.865. The minimum Gasteiger partial charge on any atom is -0.497 e. The minimum atomic E-state index is 0.114. The molecule has 0 fully saturated rings. The smallest absolute Gasteiger partial charge is 0.222 e. The fourth-order valence-electron chi connectivity index (χ4n) is 2.76. The molecule has 0 aliphatic carbocycles. The van der Waals surface area contributed by atoms with Crippen molar-refractivity contribution >= 4 is 11.8 Å². The van der Waals surface area contributed by atoms with Gasteiger partial charge in [0.15, 0.2) is 0 Å². The molecule has 0 saturated heterocycles. The first-order chi connectivity index (χ1) is 10.2. The molecular formula is C15H19N5O. The molecule has 1 aliphatic rings. The first-order valence-corrected chi connectivity index (χ1v) is 6.95. The molecule has 6 heteroatoms. The highest BCUT2D eigenvalue weighted by Crippen LogP contribution is 2.29. The second kappa shape index (κ2) is 5.57. The van der Waals surface area contributed by atoms with Crippen molar-refractivity contribution in [3.05, 3.63) is 41.1 Å². The van der Waals surface area contributed by atoms with Crippen LogP contribution in [-0.2, 0) is 12.8 Å². The van der Waals surface area contributed by atoms with Gasteiger partial charge in [-0.3, -0.25) is 0 Å². The summed E-state index contributed by atoms with van der Waals surface area (Å²) >= 11 is 0. The summed E-state index contributed by atoms with van der Waals surface area (Å²) in [5, 5.41) is 3.48. The third kappa shape index (κ3) is 2.75. The largest absolute Gasteiger partial charge is 0.497 e. The van der Waals surface area contributed by atoms with E-state index >= 15 is 0 Å². The number of aromatic nitrogens is 2. The number of ether oxygens (including phenoxy) is 1. The summed E-state index contributed by atoms with van der Waals surface area (Å²) in [7, 11) is 1.66. The second-order valence-corrected chi connectivity index (χ2v) is 5.14. The average Bonchev–Trinajstić information content (AvgIpc) is 2.47. The lowest BCUT2D eigenvalue weighted by molar-refractivity contribution is 0.414. The molecule has 0 amide bonds. The number of hydrogen-bond donors (Lipinski definition) is 3. The van der Waals surface area contributed by atoms with E-state index in [4.69, 9.17) is 16.2 Å². The molecule has 0 radical (unpaired) electrons. The van der Waals surface area contributed by atoms with E-state index in [0.717, 1.165) is 36.4 Å². The normalized spacial score (nSPS) is 17.3. The van der Waals surface area contributed by atoms with E-state index in [2.05, 4.69) is 27.4 Å². The number of nitrogen functional groups attached to an aromatic ring is 2. The lowest BCUT2D eigenvalue weighted by atomic mass is 9.93. The molecule has 2 aromatic rings. The van der Waals surface area contributed by atoms with Gasteiger partial charge in [-0.15, -0.1) is 0 Å². The van der Waals surface area contributed by atoms with Gasteiger partial charge in [0.2, 0.25) is 5.95 Å². The lowest BCUT2D eigenvalue weighted by Crippen LogP contribution is -2.33. The number of nitrogens with zero attached hydrogens (tertiary/aromatic N) is 2. The van der Waals surface area contributed by atoms with Crippen molar-refractivity contribution in [2.45, 2.75) is 18.9 Å². The predicted molar refractivity (Wildman–Crippen MR) is 82.0 cm³/mol. The monoisotopic (exact) mass is 285 g/mol. The zero-order valence-corrected chi connectivity index (χ0v) is 12.0. The van der Waals surface area contributed by atoms with Gasteiger partial charge in [0.25, 0.3) is 0 Å². The highest BCUT2D eigenvalue weighted by Gasteiger charge is 2.24. The second-order valence-electron chi connectivity index (χ2n) is 5.14. The Bertz CT molecular complexity index is 641. The maximum Gasteiger partial charge on any atom is 0.222 e. The molecule has 1 atom stereocenters. The van der Waals surface area contributed by atoms with Crippen LogP contribution in [0.15, 0.2) is 24.3 Å². The highest BCUT2D eigenvalue weighted by atomic mass is 16.5. The maximum absolute atomic E-state index is 6.04. The fourth-order valence-corrected chi connectivity index (χ4v) is 2.76. The van der Waals surface area contributed by atoms with Gasteiger partial charge in [-0.25, -0.2) is 4.98 Å². The molecule has 1 unspecified atom stereocenters. The van der Waals surface area contributed by atoms with Gasteiger partial charge < -0.3 is 21.5 Å². The van der Waals surface area contributed by atoms with Gasteiger partial charge in [0, 0.05) is 24.6 Å². The summed E-state index contributed by atoms with van der Waals surface area (Å²) in [6.07, 6.45) is 1.65. The van der Waals surface area contributed by atoms with Crippen LogP contribution < -0.4 is 21.5 Å². The number of rotatable bonds is 3. The molecule has 0 saturated carbocycles. The van der Waals surface area contributed by atoms with E-state index in [9.17, 15) is 0 Å². The number of hydrogen-bond acceptors (Lipinski definition) is 6. The third-order valence-corrected chi connectivity index (χ3v) is 3.77. The van der Waals surface area contributed by atoms with E-state index in [0.29, 0.717) is 5.82 Å². The van der Waals surface area contributed by atoms with E-state index in [1.807, 2.05) is 12.1 Å². The summed E-state index contributed by atoms with van der Waals surface area (Å²) < 4.78 is 5.18. The molecule has 6 nitrogen and oxygen atoms in total. The molecule has 0 spiro atoms. The topological polar surface area (TPSA) is 99.1 Å². The Balaban J connectivity index is 1.87. The number of methoxy groups -OCH3 is 1. The standard InChI is InChI=1S/C15H19N5O/c1-21-10-4-2-9(3-5-10)8-12-13-11(6-7-18-12)19-15(17)20-14(13)16/h2-5,12,18H,6-8H2,1H3,(H4,16,17,19,20). The van der Waals surface area contributed by atoms with Crippen LogP contribution in [0.1, 0.15) is 22.9 Å². The molecule has 21 heavy (non-hydrogen) atoms. The average molecular weight is 285 g/mol. The van der Waals surface area contributed by atoms with Crippen LogP contribution in [0.5, 0.6) is 5.75 Å². The van der Waals surface area contributed by atoms with Crippen LogP contribution in [0.3, 0.4) is 0 Å². The predicted octanol–water partition coefficient (Wildman–Crippen LogP) is 1.08. The van der Waals surface area contributed by atoms with Crippen molar-refractivity contribution in [1.29, 1.82) is 0 Å². The van der Waals surface area contributed by atoms with Crippen molar-refractivity contribution in [2.75, 3.05) is 25.1 Å². The fraction of sp³-hybridized carbons (Fsp3) is 0.333. The van der Waals surface area contributed by atoms with Crippen molar-refractivity contribution in [2.24, 2.45) is 0 Å². The lowest BCUT2D eigenvalue weighted by Gasteiger charge is -2.27. The van der Waals surface area contributed by atoms with Gasteiger partial charge in [0.1, 0.15) is 11.6 Å².